The highest BCUT2D eigenvalue weighted by atomic mass is 16.4. The van der Waals surface area contributed by atoms with Crippen LogP contribution in [0.15, 0.2) is 54.6 Å². The molecule has 4 heteroatoms. The van der Waals surface area contributed by atoms with Gasteiger partial charge in [0, 0.05) is 22.3 Å². The Morgan fingerprint density at radius 1 is 1.05 bits per heavy atom. The number of H-pyrrole nitrogens is 1. The molecule has 0 atom stereocenters. The molecule has 0 spiro atoms. The van der Waals surface area contributed by atoms with E-state index in [1.54, 1.807) is 6.07 Å². The summed E-state index contributed by atoms with van der Waals surface area (Å²) in [6, 6.07) is 17.1. The van der Waals surface area contributed by atoms with Gasteiger partial charge in [-0.2, -0.15) is 0 Å². The Bertz CT molecular complexity index is 732. The maximum atomic E-state index is 11.0. The first kappa shape index (κ1) is 11.3. The molecule has 0 fully saturated rings. The minimum absolute atomic E-state index is 0.192. The summed E-state index contributed by atoms with van der Waals surface area (Å²) in [7, 11) is 0. The number of carboxylic acid groups (broad SMARTS) is 1. The fourth-order valence-corrected chi connectivity index (χ4v) is 2.06. The van der Waals surface area contributed by atoms with Gasteiger partial charge in [-0.05, 0) is 30.3 Å². The molecule has 0 radical (unpaired) electrons. The summed E-state index contributed by atoms with van der Waals surface area (Å²) in [5.74, 6) is -0.957. The summed E-state index contributed by atoms with van der Waals surface area (Å²) in [5.41, 5.74) is 2.84. The number of hydrogen-bond acceptors (Lipinski definition) is 2. The van der Waals surface area contributed by atoms with E-state index in [-0.39, 0.29) is 5.69 Å². The highest BCUT2D eigenvalue weighted by molar-refractivity contribution is 6.00. The summed E-state index contributed by atoms with van der Waals surface area (Å²) in [6.07, 6.45) is 0. The minimum atomic E-state index is -0.957. The van der Waals surface area contributed by atoms with Crippen LogP contribution in [0, 0.1) is 0 Å². The van der Waals surface area contributed by atoms with Crippen LogP contribution in [0.5, 0.6) is 0 Å². The molecule has 2 aromatic carbocycles. The van der Waals surface area contributed by atoms with Gasteiger partial charge in [0.05, 0.1) is 0 Å². The van der Waals surface area contributed by atoms with E-state index < -0.39 is 5.97 Å². The predicted molar refractivity (Wildman–Crippen MR) is 75.0 cm³/mol. The number of aromatic amines is 1. The fraction of sp³-hybridized carbons (Fsp3) is 0. The number of aromatic nitrogens is 1. The SMILES string of the molecule is O=C(O)c1cc2c(Nc3ccccc3)cccc2[nH]1. The lowest BCUT2D eigenvalue weighted by molar-refractivity contribution is 0.0691. The number of fused-ring (bicyclic) bond motifs is 1. The molecule has 19 heavy (non-hydrogen) atoms. The molecule has 0 aliphatic carbocycles. The average Bonchev–Trinajstić information content (AvgIpc) is 2.85. The van der Waals surface area contributed by atoms with Crippen LogP contribution in [0.3, 0.4) is 0 Å². The molecule has 0 unspecified atom stereocenters. The van der Waals surface area contributed by atoms with E-state index >= 15 is 0 Å². The second-order valence-electron chi connectivity index (χ2n) is 4.25. The van der Waals surface area contributed by atoms with Crippen molar-refractivity contribution in [3.05, 3.63) is 60.3 Å². The zero-order chi connectivity index (χ0) is 13.2. The van der Waals surface area contributed by atoms with E-state index in [1.807, 2.05) is 48.5 Å². The first-order chi connectivity index (χ1) is 9.24. The Morgan fingerprint density at radius 2 is 1.84 bits per heavy atom. The van der Waals surface area contributed by atoms with Crippen LogP contribution < -0.4 is 5.32 Å². The van der Waals surface area contributed by atoms with Crippen LogP contribution >= 0.6 is 0 Å². The monoisotopic (exact) mass is 252 g/mol. The molecule has 0 bridgehead atoms. The Morgan fingerprint density at radius 3 is 2.58 bits per heavy atom. The number of hydrogen-bond donors (Lipinski definition) is 3. The topological polar surface area (TPSA) is 65.1 Å². The highest BCUT2D eigenvalue weighted by Crippen LogP contribution is 2.27. The Labute approximate surface area is 109 Å². The van der Waals surface area contributed by atoms with Gasteiger partial charge in [0.2, 0.25) is 0 Å². The quantitative estimate of drug-likeness (QED) is 0.667. The lowest BCUT2D eigenvalue weighted by Gasteiger charge is -2.07. The fourth-order valence-electron chi connectivity index (χ4n) is 2.06. The van der Waals surface area contributed by atoms with Gasteiger partial charge in [0.1, 0.15) is 5.69 Å². The maximum absolute atomic E-state index is 11.0. The predicted octanol–water partition coefficient (Wildman–Crippen LogP) is 3.61. The van der Waals surface area contributed by atoms with Gasteiger partial charge in [0.25, 0.3) is 0 Å². The maximum Gasteiger partial charge on any atom is 0.352 e. The van der Waals surface area contributed by atoms with Crippen molar-refractivity contribution in [1.82, 2.24) is 4.98 Å². The molecule has 0 saturated heterocycles. The van der Waals surface area contributed by atoms with Crippen molar-refractivity contribution in [2.45, 2.75) is 0 Å². The first-order valence-electron chi connectivity index (χ1n) is 5.91. The van der Waals surface area contributed by atoms with Crippen molar-refractivity contribution in [3.8, 4) is 0 Å². The van der Waals surface area contributed by atoms with Gasteiger partial charge >= 0.3 is 5.97 Å². The normalized spacial score (nSPS) is 10.5. The molecule has 3 rings (SSSR count). The van der Waals surface area contributed by atoms with Crippen LogP contribution in [0.4, 0.5) is 11.4 Å². The largest absolute Gasteiger partial charge is 0.477 e. The minimum Gasteiger partial charge on any atom is -0.477 e. The number of rotatable bonds is 3. The van der Waals surface area contributed by atoms with Gasteiger partial charge in [-0.1, -0.05) is 24.3 Å². The lowest BCUT2D eigenvalue weighted by atomic mass is 10.2. The van der Waals surface area contributed by atoms with Gasteiger partial charge in [-0.3, -0.25) is 0 Å². The highest BCUT2D eigenvalue weighted by Gasteiger charge is 2.09. The van der Waals surface area contributed by atoms with Gasteiger partial charge in [0.15, 0.2) is 0 Å². The zero-order valence-electron chi connectivity index (χ0n) is 10.1. The van der Waals surface area contributed by atoms with Crippen LogP contribution in [-0.4, -0.2) is 16.1 Å². The third-order valence-corrected chi connectivity index (χ3v) is 2.95. The Balaban J connectivity index is 2.06. The number of para-hydroxylation sites is 1. The van der Waals surface area contributed by atoms with Crippen molar-refractivity contribution in [2.75, 3.05) is 5.32 Å². The van der Waals surface area contributed by atoms with Gasteiger partial charge in [-0.15, -0.1) is 0 Å². The molecular formula is C15H12N2O2. The Kier molecular flexibility index (Phi) is 2.68. The van der Waals surface area contributed by atoms with E-state index in [1.165, 1.54) is 0 Å². The third kappa shape index (κ3) is 2.15. The first-order valence-corrected chi connectivity index (χ1v) is 5.91. The Hall–Kier alpha value is -2.75. The average molecular weight is 252 g/mol. The standard InChI is InChI=1S/C15H12N2O2/c18-15(19)14-9-11-12(7-4-8-13(11)17-14)16-10-5-2-1-3-6-10/h1-9,16-17H,(H,18,19). The van der Waals surface area contributed by atoms with Crippen LogP contribution in [0.25, 0.3) is 10.9 Å². The second-order valence-corrected chi connectivity index (χ2v) is 4.25. The van der Waals surface area contributed by atoms with Crippen LogP contribution in [0.1, 0.15) is 10.5 Å². The molecule has 1 heterocycles. The summed E-state index contributed by atoms with van der Waals surface area (Å²) in [5, 5.41) is 13.2. The number of aromatic carboxylic acids is 1. The molecule has 0 amide bonds. The van der Waals surface area contributed by atoms with E-state index in [9.17, 15) is 4.79 Å². The molecule has 0 saturated carbocycles. The molecule has 3 N–H and O–H groups in total. The van der Waals surface area contributed by atoms with E-state index in [0.29, 0.717) is 0 Å². The second kappa shape index (κ2) is 4.49. The summed E-state index contributed by atoms with van der Waals surface area (Å²) < 4.78 is 0. The van der Waals surface area contributed by atoms with Crippen LogP contribution in [0.2, 0.25) is 0 Å². The van der Waals surface area contributed by atoms with E-state index in [2.05, 4.69) is 10.3 Å². The van der Waals surface area contributed by atoms with Gasteiger partial charge in [-0.25, -0.2) is 4.79 Å². The summed E-state index contributed by atoms with van der Waals surface area (Å²) >= 11 is 0. The number of benzene rings is 2. The molecule has 0 aliphatic heterocycles. The smallest absolute Gasteiger partial charge is 0.352 e. The van der Waals surface area contributed by atoms with Crippen LogP contribution in [-0.2, 0) is 0 Å². The number of carboxylic acids is 1. The third-order valence-electron chi connectivity index (χ3n) is 2.95. The molecular weight excluding hydrogens is 240 g/mol. The van der Waals surface area contributed by atoms with Crippen molar-refractivity contribution in [3.63, 3.8) is 0 Å². The van der Waals surface area contributed by atoms with Crippen molar-refractivity contribution in [1.29, 1.82) is 0 Å². The molecule has 1 aromatic heterocycles. The molecule has 94 valence electrons. The van der Waals surface area contributed by atoms with Crippen molar-refractivity contribution in [2.24, 2.45) is 0 Å². The molecule has 3 aromatic rings. The van der Waals surface area contributed by atoms with E-state index in [4.69, 9.17) is 5.11 Å². The number of nitrogens with one attached hydrogen (secondary N) is 2. The molecule has 0 aliphatic rings. The number of anilines is 2. The lowest BCUT2D eigenvalue weighted by Crippen LogP contribution is -1.94. The van der Waals surface area contributed by atoms with Crippen molar-refractivity contribution < 1.29 is 9.90 Å². The van der Waals surface area contributed by atoms with Crippen molar-refractivity contribution >= 4 is 28.2 Å². The molecule has 4 nitrogen and oxygen atoms in total. The summed E-state index contributed by atoms with van der Waals surface area (Å²) in [4.78, 5) is 13.9. The van der Waals surface area contributed by atoms with E-state index in [0.717, 1.165) is 22.3 Å². The summed E-state index contributed by atoms with van der Waals surface area (Å²) in [6.45, 7) is 0. The van der Waals surface area contributed by atoms with Gasteiger partial charge < -0.3 is 15.4 Å². The number of carbonyl (C=O) groups is 1. The zero-order valence-corrected chi connectivity index (χ0v) is 10.1.